The van der Waals surface area contributed by atoms with Gasteiger partial charge in [-0.15, -0.1) is 0 Å². The van der Waals surface area contributed by atoms with Crippen molar-refractivity contribution in [1.29, 1.82) is 0 Å². The van der Waals surface area contributed by atoms with Crippen LogP contribution in [-0.2, 0) is 34.2 Å². The number of rotatable bonds is 6. The van der Waals surface area contributed by atoms with Crippen molar-refractivity contribution in [1.82, 2.24) is 4.90 Å². The molecule has 4 heteroatoms. The molecule has 0 N–H and O–H groups in total. The van der Waals surface area contributed by atoms with E-state index >= 15 is 0 Å². The van der Waals surface area contributed by atoms with E-state index in [-0.39, 0.29) is 11.7 Å². The van der Waals surface area contributed by atoms with Crippen LogP contribution in [0.25, 0.3) is 0 Å². The molecule has 0 saturated heterocycles. The first-order chi connectivity index (χ1) is 9.63. The Morgan fingerprint density at radius 2 is 1.90 bits per heavy atom. The summed E-state index contributed by atoms with van der Waals surface area (Å²) in [5.41, 5.74) is 3.92. The maximum Gasteiger partial charge on any atom is 0.235 e. The number of fused-ring (bicyclic) bond motifs is 1. The van der Waals surface area contributed by atoms with Crippen LogP contribution in [0.15, 0.2) is 18.2 Å². The molecule has 3 nitrogen and oxygen atoms in total. The van der Waals surface area contributed by atoms with Crippen LogP contribution >= 0.6 is 0 Å². The SMILES string of the molecule is CCN(CC)C(=O)C[S@](=O)Cc1ccc2c(c1)CCC2. The minimum Gasteiger partial charge on any atom is -0.342 e. The zero-order valence-corrected chi connectivity index (χ0v) is 13.2. The van der Waals surface area contributed by atoms with Gasteiger partial charge in [-0.2, -0.15) is 0 Å². The lowest BCUT2D eigenvalue weighted by atomic mass is 10.1. The smallest absolute Gasteiger partial charge is 0.235 e. The summed E-state index contributed by atoms with van der Waals surface area (Å²) in [6.07, 6.45) is 3.52. The molecule has 0 aliphatic heterocycles. The van der Waals surface area contributed by atoms with Gasteiger partial charge >= 0.3 is 0 Å². The van der Waals surface area contributed by atoms with Crippen LogP contribution in [0.5, 0.6) is 0 Å². The Bertz CT molecular complexity index is 509. The van der Waals surface area contributed by atoms with Gasteiger partial charge in [-0.25, -0.2) is 0 Å². The molecule has 2 rings (SSSR count). The van der Waals surface area contributed by atoms with Crippen LogP contribution in [0, 0.1) is 0 Å². The molecule has 0 saturated carbocycles. The second-order valence-corrected chi connectivity index (χ2v) is 6.71. The highest BCUT2D eigenvalue weighted by Gasteiger charge is 2.15. The number of carbonyl (C=O) groups excluding carboxylic acids is 1. The number of aryl methyl sites for hydroxylation is 2. The quantitative estimate of drug-likeness (QED) is 0.807. The summed E-state index contributed by atoms with van der Waals surface area (Å²) in [5, 5.41) is 0. The van der Waals surface area contributed by atoms with Gasteiger partial charge in [0.1, 0.15) is 5.75 Å². The fraction of sp³-hybridized carbons (Fsp3) is 0.562. The second kappa shape index (κ2) is 7.02. The number of nitrogens with zero attached hydrogens (tertiary/aromatic N) is 1. The van der Waals surface area contributed by atoms with Gasteiger partial charge in [-0.3, -0.25) is 9.00 Å². The van der Waals surface area contributed by atoms with Crippen molar-refractivity contribution in [2.24, 2.45) is 0 Å². The Balaban J connectivity index is 1.93. The lowest BCUT2D eigenvalue weighted by Crippen LogP contribution is -2.34. The third kappa shape index (κ3) is 3.69. The predicted octanol–water partition coefficient (Wildman–Crippen LogP) is 2.29. The first-order valence-corrected chi connectivity index (χ1v) is 8.86. The predicted molar refractivity (Wildman–Crippen MR) is 83.1 cm³/mol. The van der Waals surface area contributed by atoms with Crippen molar-refractivity contribution in [3.05, 3.63) is 34.9 Å². The number of amides is 1. The third-order valence-electron chi connectivity index (χ3n) is 3.89. The molecule has 1 amide bonds. The van der Waals surface area contributed by atoms with Gasteiger partial charge in [-0.1, -0.05) is 18.2 Å². The van der Waals surface area contributed by atoms with Crippen LogP contribution in [0.4, 0.5) is 0 Å². The third-order valence-corrected chi connectivity index (χ3v) is 5.12. The molecule has 1 aliphatic carbocycles. The fourth-order valence-electron chi connectivity index (χ4n) is 2.76. The molecule has 0 bridgehead atoms. The van der Waals surface area contributed by atoms with Gasteiger partial charge in [0.25, 0.3) is 0 Å². The van der Waals surface area contributed by atoms with Crippen molar-refractivity contribution in [2.45, 2.75) is 38.9 Å². The van der Waals surface area contributed by atoms with E-state index in [1.165, 1.54) is 24.0 Å². The number of carbonyl (C=O) groups is 1. The van der Waals surface area contributed by atoms with E-state index in [2.05, 4.69) is 18.2 Å². The molecule has 1 aromatic carbocycles. The lowest BCUT2D eigenvalue weighted by Gasteiger charge is -2.18. The molecule has 0 unspecified atom stereocenters. The van der Waals surface area contributed by atoms with Gasteiger partial charge in [0.15, 0.2) is 0 Å². The molecule has 110 valence electrons. The minimum absolute atomic E-state index is 0.00510. The van der Waals surface area contributed by atoms with Gasteiger partial charge in [-0.05, 0) is 49.8 Å². The number of hydrogen-bond acceptors (Lipinski definition) is 2. The highest BCUT2D eigenvalue weighted by Crippen LogP contribution is 2.23. The van der Waals surface area contributed by atoms with E-state index in [4.69, 9.17) is 0 Å². The molecule has 0 radical (unpaired) electrons. The normalized spacial score (nSPS) is 14.9. The average molecular weight is 293 g/mol. The molecule has 20 heavy (non-hydrogen) atoms. The van der Waals surface area contributed by atoms with Crippen molar-refractivity contribution in [3.8, 4) is 0 Å². The van der Waals surface area contributed by atoms with Crippen molar-refractivity contribution < 1.29 is 9.00 Å². The Hall–Kier alpha value is -1.16. The zero-order valence-electron chi connectivity index (χ0n) is 12.4. The Morgan fingerprint density at radius 3 is 2.60 bits per heavy atom. The second-order valence-electron chi connectivity index (χ2n) is 5.25. The Kier molecular flexibility index (Phi) is 5.35. The van der Waals surface area contributed by atoms with E-state index in [1.807, 2.05) is 13.8 Å². The molecule has 0 spiro atoms. The maximum absolute atomic E-state index is 12.1. The summed E-state index contributed by atoms with van der Waals surface area (Å²) in [7, 11) is -1.11. The van der Waals surface area contributed by atoms with Crippen LogP contribution in [0.1, 0.15) is 37.0 Å². The van der Waals surface area contributed by atoms with Crippen molar-refractivity contribution in [3.63, 3.8) is 0 Å². The summed E-state index contributed by atoms with van der Waals surface area (Å²) in [6, 6.07) is 6.38. The maximum atomic E-state index is 12.1. The van der Waals surface area contributed by atoms with E-state index in [9.17, 15) is 9.00 Å². The first-order valence-electron chi connectivity index (χ1n) is 7.37. The largest absolute Gasteiger partial charge is 0.342 e. The van der Waals surface area contributed by atoms with Gasteiger partial charge in [0, 0.05) is 29.6 Å². The van der Waals surface area contributed by atoms with Crippen LogP contribution in [-0.4, -0.2) is 33.9 Å². The highest BCUT2D eigenvalue weighted by molar-refractivity contribution is 7.84. The van der Waals surface area contributed by atoms with Gasteiger partial charge in [0.2, 0.25) is 5.91 Å². The minimum atomic E-state index is -1.11. The van der Waals surface area contributed by atoms with E-state index in [0.29, 0.717) is 18.8 Å². The molecule has 0 heterocycles. The molecular formula is C16H23NO2S. The molecule has 1 atom stereocenters. The first kappa shape index (κ1) is 15.2. The summed E-state index contributed by atoms with van der Waals surface area (Å²) < 4.78 is 12.1. The topological polar surface area (TPSA) is 37.4 Å². The average Bonchev–Trinajstić information content (AvgIpc) is 2.87. The molecule has 0 fully saturated rings. The standard InChI is InChI=1S/C16H23NO2S/c1-3-17(4-2)16(18)12-20(19)11-13-8-9-14-6-5-7-15(14)10-13/h8-10H,3-7,11-12H2,1-2H3/t20-/m1/s1. The highest BCUT2D eigenvalue weighted by atomic mass is 32.2. The molecule has 1 aromatic rings. The number of hydrogen-bond donors (Lipinski definition) is 0. The Labute approximate surface area is 123 Å². The summed E-state index contributed by atoms with van der Waals surface area (Å²) in [5.74, 6) is 0.619. The van der Waals surface area contributed by atoms with Crippen LogP contribution in [0.3, 0.4) is 0 Å². The van der Waals surface area contributed by atoms with E-state index in [0.717, 1.165) is 12.0 Å². The summed E-state index contributed by atoms with van der Waals surface area (Å²) in [4.78, 5) is 13.7. The lowest BCUT2D eigenvalue weighted by molar-refractivity contribution is -0.128. The van der Waals surface area contributed by atoms with E-state index in [1.54, 1.807) is 4.90 Å². The summed E-state index contributed by atoms with van der Waals surface area (Å²) >= 11 is 0. The van der Waals surface area contributed by atoms with Crippen LogP contribution < -0.4 is 0 Å². The van der Waals surface area contributed by atoms with Crippen molar-refractivity contribution in [2.75, 3.05) is 18.8 Å². The molecular weight excluding hydrogens is 270 g/mol. The van der Waals surface area contributed by atoms with E-state index < -0.39 is 10.8 Å². The molecule has 0 aromatic heterocycles. The Morgan fingerprint density at radius 1 is 1.20 bits per heavy atom. The molecule has 1 aliphatic rings. The van der Waals surface area contributed by atoms with Gasteiger partial charge < -0.3 is 4.90 Å². The summed E-state index contributed by atoms with van der Waals surface area (Å²) in [6.45, 7) is 5.27. The van der Waals surface area contributed by atoms with Crippen molar-refractivity contribution >= 4 is 16.7 Å². The fourth-order valence-corrected chi connectivity index (χ4v) is 3.87. The number of benzene rings is 1. The monoisotopic (exact) mass is 293 g/mol. The zero-order chi connectivity index (χ0) is 14.5. The van der Waals surface area contributed by atoms with Crippen LogP contribution in [0.2, 0.25) is 0 Å². The van der Waals surface area contributed by atoms with Gasteiger partial charge in [0.05, 0.1) is 0 Å².